The molecule has 0 bridgehead atoms. The zero-order valence-corrected chi connectivity index (χ0v) is 16.9. The minimum atomic E-state index is -0.970. The first kappa shape index (κ1) is 20.6. The smallest absolute Gasteiger partial charge is 0.420 e. The van der Waals surface area contributed by atoms with E-state index in [4.69, 9.17) is 4.74 Å². The van der Waals surface area contributed by atoms with Gasteiger partial charge in [-0.05, 0) is 50.6 Å². The molecular weight excluding hydrogens is 410 g/mol. The Labute approximate surface area is 166 Å². The van der Waals surface area contributed by atoms with Crippen molar-refractivity contribution in [2.75, 3.05) is 0 Å². The Balaban J connectivity index is 2.36. The zero-order chi connectivity index (χ0) is 20.0. The van der Waals surface area contributed by atoms with E-state index in [1.807, 2.05) is 0 Å². The van der Waals surface area contributed by atoms with E-state index in [1.165, 1.54) is 0 Å². The Hall–Kier alpha value is -2.76. The van der Waals surface area contributed by atoms with Gasteiger partial charge in [-0.2, -0.15) is 4.79 Å². The molecule has 1 amide bonds. The Kier molecular flexibility index (Phi) is 6.66. The first-order chi connectivity index (χ1) is 12.7. The van der Waals surface area contributed by atoms with Crippen LogP contribution in [0.25, 0.3) is 5.53 Å². The van der Waals surface area contributed by atoms with E-state index in [2.05, 4.69) is 26.0 Å². The lowest BCUT2D eigenvalue weighted by atomic mass is 10.0. The third-order valence-corrected chi connectivity index (χ3v) is 4.03. The van der Waals surface area contributed by atoms with Crippen molar-refractivity contribution in [2.45, 2.75) is 32.4 Å². The molecule has 0 aliphatic heterocycles. The van der Waals surface area contributed by atoms with Crippen LogP contribution in [0.2, 0.25) is 0 Å². The van der Waals surface area contributed by atoms with Gasteiger partial charge in [0.2, 0.25) is 0 Å². The van der Waals surface area contributed by atoms with Crippen LogP contribution < -0.4 is 5.32 Å². The standard InChI is InChI=1S/C20H20BrN3O3/c1-20(2,3)27-19(26)17(24-22)16(13-7-5-4-6-8-13)23-18(25)14-9-11-15(21)12-10-14/h4-12,16H,1-3H3,(H,23,25). The normalized spacial score (nSPS) is 11.9. The van der Waals surface area contributed by atoms with Crippen LogP contribution in [-0.4, -0.2) is 28.0 Å². The second kappa shape index (κ2) is 8.75. The number of rotatable bonds is 5. The fourth-order valence-corrected chi connectivity index (χ4v) is 2.58. The van der Waals surface area contributed by atoms with E-state index >= 15 is 0 Å². The summed E-state index contributed by atoms with van der Waals surface area (Å²) in [7, 11) is 0. The molecule has 6 nitrogen and oxygen atoms in total. The van der Waals surface area contributed by atoms with Crippen molar-refractivity contribution in [3.8, 4) is 0 Å². The SMILES string of the molecule is CC(C)(C)OC(=O)C(=[N+]=[N-])C(NC(=O)c1ccc(Br)cc1)c1ccccc1. The highest BCUT2D eigenvalue weighted by Crippen LogP contribution is 2.18. The average Bonchev–Trinajstić information content (AvgIpc) is 2.61. The number of amides is 1. The number of hydrogen-bond donors (Lipinski definition) is 1. The van der Waals surface area contributed by atoms with Gasteiger partial charge >= 0.3 is 11.7 Å². The van der Waals surface area contributed by atoms with Gasteiger partial charge in [0.1, 0.15) is 5.60 Å². The fourth-order valence-electron chi connectivity index (χ4n) is 2.32. The minimum absolute atomic E-state index is 0.304. The maximum Gasteiger partial charge on any atom is 0.420 e. The Morgan fingerprint density at radius 3 is 2.19 bits per heavy atom. The van der Waals surface area contributed by atoms with Crippen molar-refractivity contribution in [1.29, 1.82) is 0 Å². The number of carbonyl (C=O) groups is 2. The molecule has 27 heavy (non-hydrogen) atoms. The number of nitrogens with zero attached hydrogens (tertiary/aromatic N) is 2. The van der Waals surface area contributed by atoms with Crippen molar-refractivity contribution in [2.24, 2.45) is 0 Å². The average molecular weight is 430 g/mol. The zero-order valence-electron chi connectivity index (χ0n) is 15.3. The van der Waals surface area contributed by atoms with Crippen molar-refractivity contribution >= 4 is 33.5 Å². The molecule has 140 valence electrons. The van der Waals surface area contributed by atoms with Crippen molar-refractivity contribution < 1.29 is 19.1 Å². The largest absolute Gasteiger partial charge is 0.451 e. The summed E-state index contributed by atoms with van der Waals surface area (Å²) in [5.41, 5.74) is 9.38. The van der Waals surface area contributed by atoms with Crippen LogP contribution in [0.15, 0.2) is 59.1 Å². The Morgan fingerprint density at radius 1 is 1.07 bits per heavy atom. The molecule has 2 aromatic rings. The lowest BCUT2D eigenvalue weighted by molar-refractivity contribution is -0.151. The monoisotopic (exact) mass is 429 g/mol. The number of carbonyl (C=O) groups excluding carboxylic acids is 2. The number of ether oxygens (including phenoxy) is 1. The van der Waals surface area contributed by atoms with Gasteiger partial charge in [-0.1, -0.05) is 46.3 Å². The summed E-state index contributed by atoms with van der Waals surface area (Å²) in [6.45, 7) is 5.12. The molecule has 0 spiro atoms. The quantitative estimate of drug-likeness (QED) is 0.337. The van der Waals surface area contributed by atoms with E-state index in [0.29, 0.717) is 11.1 Å². The highest BCUT2D eigenvalue weighted by atomic mass is 79.9. The third-order valence-electron chi connectivity index (χ3n) is 3.50. The molecule has 1 atom stereocenters. The first-order valence-corrected chi connectivity index (χ1v) is 9.07. The number of hydrogen-bond acceptors (Lipinski definition) is 3. The molecule has 0 aliphatic rings. The topological polar surface area (TPSA) is 91.8 Å². The third kappa shape index (κ3) is 5.88. The summed E-state index contributed by atoms with van der Waals surface area (Å²) >= 11 is 3.32. The lowest BCUT2D eigenvalue weighted by Gasteiger charge is -2.20. The van der Waals surface area contributed by atoms with Crippen molar-refractivity contribution in [3.63, 3.8) is 0 Å². The summed E-state index contributed by atoms with van der Waals surface area (Å²) in [6.07, 6.45) is 0. The molecular formula is C20H20BrN3O3. The van der Waals surface area contributed by atoms with E-state index < -0.39 is 23.5 Å². The fraction of sp³-hybridized carbons (Fsp3) is 0.250. The van der Waals surface area contributed by atoms with Gasteiger partial charge in [0.05, 0.1) is 0 Å². The molecule has 0 radical (unpaired) electrons. The molecule has 1 unspecified atom stereocenters. The summed E-state index contributed by atoms with van der Waals surface area (Å²) in [4.78, 5) is 28.3. The molecule has 7 heteroatoms. The van der Waals surface area contributed by atoms with Crippen LogP contribution in [0.4, 0.5) is 0 Å². The molecule has 1 N–H and O–H groups in total. The van der Waals surface area contributed by atoms with Gasteiger partial charge in [-0.15, -0.1) is 0 Å². The first-order valence-electron chi connectivity index (χ1n) is 8.28. The molecule has 0 heterocycles. The number of benzene rings is 2. The van der Waals surface area contributed by atoms with E-state index in [1.54, 1.807) is 75.4 Å². The predicted octanol–water partition coefficient (Wildman–Crippen LogP) is 3.93. The summed E-state index contributed by atoms with van der Waals surface area (Å²) in [5, 5.41) is 2.74. The number of esters is 1. The van der Waals surface area contributed by atoms with Crippen LogP contribution in [0, 0.1) is 0 Å². The highest BCUT2D eigenvalue weighted by Gasteiger charge is 2.37. The lowest BCUT2D eigenvalue weighted by Crippen LogP contribution is -2.40. The van der Waals surface area contributed by atoms with Crippen LogP contribution in [0.1, 0.15) is 42.7 Å². The Morgan fingerprint density at radius 2 is 1.67 bits per heavy atom. The van der Waals surface area contributed by atoms with E-state index in [9.17, 15) is 15.1 Å². The Bertz CT molecular complexity index is 868. The van der Waals surface area contributed by atoms with Crippen LogP contribution in [-0.2, 0) is 9.53 Å². The minimum Gasteiger partial charge on any atom is -0.451 e. The highest BCUT2D eigenvalue weighted by molar-refractivity contribution is 9.10. The molecule has 0 saturated carbocycles. The van der Waals surface area contributed by atoms with Crippen molar-refractivity contribution in [3.05, 3.63) is 75.7 Å². The maximum atomic E-state index is 12.7. The molecule has 0 aliphatic carbocycles. The van der Waals surface area contributed by atoms with Crippen LogP contribution in [0.5, 0.6) is 0 Å². The van der Waals surface area contributed by atoms with E-state index in [0.717, 1.165) is 4.47 Å². The van der Waals surface area contributed by atoms with Crippen LogP contribution in [0.3, 0.4) is 0 Å². The summed E-state index contributed by atoms with van der Waals surface area (Å²) in [6, 6.07) is 14.6. The number of halogens is 1. The predicted molar refractivity (Wildman–Crippen MR) is 105 cm³/mol. The summed E-state index contributed by atoms with van der Waals surface area (Å²) < 4.78 is 6.15. The molecule has 2 aromatic carbocycles. The second-order valence-corrected chi connectivity index (χ2v) is 7.73. The van der Waals surface area contributed by atoms with E-state index in [-0.39, 0.29) is 5.71 Å². The molecule has 0 fully saturated rings. The molecule has 2 rings (SSSR count). The molecule has 0 saturated heterocycles. The van der Waals surface area contributed by atoms with Gasteiger partial charge in [0.25, 0.3) is 5.91 Å². The van der Waals surface area contributed by atoms with Crippen molar-refractivity contribution in [1.82, 2.24) is 5.32 Å². The van der Waals surface area contributed by atoms with Gasteiger partial charge in [0, 0.05) is 10.0 Å². The second-order valence-electron chi connectivity index (χ2n) is 6.81. The summed E-state index contributed by atoms with van der Waals surface area (Å²) in [5.74, 6) is -1.23. The molecule has 0 aromatic heterocycles. The van der Waals surface area contributed by atoms with Crippen LogP contribution >= 0.6 is 15.9 Å². The number of nitrogens with one attached hydrogen (secondary N) is 1. The van der Waals surface area contributed by atoms with Gasteiger partial charge in [0.15, 0.2) is 6.04 Å². The maximum absolute atomic E-state index is 12.7. The van der Waals surface area contributed by atoms with Gasteiger partial charge in [-0.3, -0.25) is 4.79 Å². The van der Waals surface area contributed by atoms with Gasteiger partial charge in [-0.25, -0.2) is 4.79 Å². The van der Waals surface area contributed by atoms with Gasteiger partial charge < -0.3 is 15.6 Å².